The van der Waals surface area contributed by atoms with E-state index in [-0.39, 0.29) is 5.91 Å². The lowest BCUT2D eigenvalue weighted by atomic mass is 10.2. The number of pyridine rings is 1. The zero-order valence-corrected chi connectivity index (χ0v) is 13.3. The van der Waals surface area contributed by atoms with Gasteiger partial charge in [0.2, 0.25) is 0 Å². The fraction of sp³-hybridized carbons (Fsp3) is 0.0526. The number of carbonyl (C=O) groups is 1. The maximum Gasteiger partial charge on any atom is 0.251 e. The number of benzene rings is 1. The standard InChI is InChI=1S/C19H16N2OS/c22-19(11-10-16-6-2-1-3-7-16)21(15-18-9-5-13-23-18)17-8-4-12-20-14-17/h1-14H,15H2/b11-10+. The van der Waals surface area contributed by atoms with E-state index in [1.807, 2.05) is 66.1 Å². The van der Waals surface area contributed by atoms with Gasteiger partial charge in [0.15, 0.2) is 0 Å². The topological polar surface area (TPSA) is 33.2 Å². The monoisotopic (exact) mass is 320 g/mol. The van der Waals surface area contributed by atoms with Crippen molar-refractivity contribution in [3.63, 3.8) is 0 Å². The molecule has 3 aromatic rings. The van der Waals surface area contributed by atoms with Crippen LogP contribution in [-0.4, -0.2) is 10.9 Å². The summed E-state index contributed by atoms with van der Waals surface area (Å²) < 4.78 is 0. The second kappa shape index (κ2) is 7.51. The van der Waals surface area contributed by atoms with E-state index >= 15 is 0 Å². The van der Waals surface area contributed by atoms with Gasteiger partial charge < -0.3 is 4.90 Å². The van der Waals surface area contributed by atoms with Gasteiger partial charge in [0.25, 0.3) is 5.91 Å². The zero-order valence-electron chi connectivity index (χ0n) is 12.5. The molecule has 23 heavy (non-hydrogen) atoms. The highest BCUT2D eigenvalue weighted by Gasteiger charge is 2.14. The lowest BCUT2D eigenvalue weighted by molar-refractivity contribution is -0.114. The first-order valence-corrected chi connectivity index (χ1v) is 8.18. The molecule has 0 spiro atoms. The molecule has 3 rings (SSSR count). The molecule has 1 aromatic carbocycles. The highest BCUT2D eigenvalue weighted by atomic mass is 32.1. The highest BCUT2D eigenvalue weighted by Crippen LogP contribution is 2.19. The lowest BCUT2D eigenvalue weighted by Gasteiger charge is -2.20. The summed E-state index contributed by atoms with van der Waals surface area (Å²) in [6.45, 7) is 0.543. The van der Waals surface area contributed by atoms with Crippen LogP contribution < -0.4 is 4.90 Å². The van der Waals surface area contributed by atoms with E-state index in [1.165, 1.54) is 0 Å². The fourth-order valence-electron chi connectivity index (χ4n) is 2.19. The molecule has 1 amide bonds. The van der Waals surface area contributed by atoms with Crippen LogP contribution in [0.25, 0.3) is 6.08 Å². The Balaban J connectivity index is 1.82. The molecule has 4 heteroatoms. The van der Waals surface area contributed by atoms with Gasteiger partial charge in [-0.05, 0) is 35.2 Å². The summed E-state index contributed by atoms with van der Waals surface area (Å²) in [4.78, 5) is 19.6. The van der Waals surface area contributed by atoms with Crippen molar-refractivity contribution in [1.29, 1.82) is 0 Å². The van der Waals surface area contributed by atoms with Crippen LogP contribution in [0.15, 0.2) is 78.4 Å². The average molecular weight is 320 g/mol. The number of nitrogens with zero attached hydrogens (tertiary/aromatic N) is 2. The van der Waals surface area contributed by atoms with Crippen LogP contribution in [-0.2, 0) is 11.3 Å². The van der Waals surface area contributed by atoms with Crippen molar-refractivity contribution in [2.75, 3.05) is 4.90 Å². The molecule has 0 aliphatic heterocycles. The highest BCUT2D eigenvalue weighted by molar-refractivity contribution is 7.09. The minimum absolute atomic E-state index is 0.0600. The molecule has 0 fully saturated rings. The maximum atomic E-state index is 12.7. The summed E-state index contributed by atoms with van der Waals surface area (Å²) in [6.07, 6.45) is 6.86. The largest absolute Gasteiger partial charge is 0.302 e. The minimum atomic E-state index is -0.0600. The van der Waals surface area contributed by atoms with E-state index in [4.69, 9.17) is 0 Å². The second-order valence-electron chi connectivity index (χ2n) is 4.96. The van der Waals surface area contributed by atoms with Crippen molar-refractivity contribution >= 4 is 29.0 Å². The Bertz CT molecular complexity index is 768. The van der Waals surface area contributed by atoms with Crippen LogP contribution in [0.4, 0.5) is 5.69 Å². The number of hydrogen-bond acceptors (Lipinski definition) is 3. The summed E-state index contributed by atoms with van der Waals surface area (Å²) in [7, 11) is 0. The molecule has 114 valence electrons. The van der Waals surface area contributed by atoms with Crippen molar-refractivity contribution in [3.8, 4) is 0 Å². The molecule has 0 radical (unpaired) electrons. The van der Waals surface area contributed by atoms with E-state index in [0.717, 1.165) is 16.1 Å². The molecule has 0 aliphatic rings. The molecule has 0 aliphatic carbocycles. The number of amides is 1. The number of thiophene rings is 1. The van der Waals surface area contributed by atoms with Crippen LogP contribution in [0.3, 0.4) is 0 Å². The van der Waals surface area contributed by atoms with Crippen molar-refractivity contribution in [3.05, 3.63) is 88.9 Å². The van der Waals surface area contributed by atoms with Gasteiger partial charge in [-0.25, -0.2) is 0 Å². The Morgan fingerprint density at radius 3 is 2.65 bits per heavy atom. The SMILES string of the molecule is O=C(/C=C/c1ccccc1)N(Cc1cccs1)c1cccnc1. The molecule has 0 unspecified atom stereocenters. The third-order valence-corrected chi connectivity index (χ3v) is 4.20. The zero-order chi connectivity index (χ0) is 15.9. The average Bonchev–Trinajstić information content (AvgIpc) is 3.12. The van der Waals surface area contributed by atoms with Crippen molar-refractivity contribution in [2.45, 2.75) is 6.54 Å². The van der Waals surface area contributed by atoms with Crippen LogP contribution in [0.1, 0.15) is 10.4 Å². The second-order valence-corrected chi connectivity index (χ2v) is 5.99. The van der Waals surface area contributed by atoms with Gasteiger partial charge >= 0.3 is 0 Å². The Kier molecular flexibility index (Phi) is 4.96. The Labute approximate surface area is 139 Å². The van der Waals surface area contributed by atoms with E-state index < -0.39 is 0 Å². The molecule has 2 aromatic heterocycles. The van der Waals surface area contributed by atoms with Crippen LogP contribution in [0.2, 0.25) is 0 Å². The van der Waals surface area contributed by atoms with E-state index in [1.54, 1.807) is 34.7 Å². The third-order valence-electron chi connectivity index (χ3n) is 3.34. The van der Waals surface area contributed by atoms with Gasteiger partial charge in [-0.15, -0.1) is 11.3 Å². The molecular weight excluding hydrogens is 304 g/mol. The molecule has 0 bridgehead atoms. The molecule has 2 heterocycles. The molecule has 0 atom stereocenters. The van der Waals surface area contributed by atoms with Crippen LogP contribution >= 0.6 is 11.3 Å². The van der Waals surface area contributed by atoms with Crippen LogP contribution in [0.5, 0.6) is 0 Å². The molecule has 0 saturated carbocycles. The maximum absolute atomic E-state index is 12.7. The Morgan fingerprint density at radius 1 is 1.09 bits per heavy atom. The molecule has 0 saturated heterocycles. The van der Waals surface area contributed by atoms with Crippen molar-refractivity contribution < 1.29 is 4.79 Å². The lowest BCUT2D eigenvalue weighted by Crippen LogP contribution is -2.28. The van der Waals surface area contributed by atoms with Crippen molar-refractivity contribution in [2.24, 2.45) is 0 Å². The molecule has 3 nitrogen and oxygen atoms in total. The first-order valence-electron chi connectivity index (χ1n) is 7.30. The van der Waals surface area contributed by atoms with E-state index in [2.05, 4.69) is 4.98 Å². The van der Waals surface area contributed by atoms with E-state index in [0.29, 0.717) is 6.54 Å². The van der Waals surface area contributed by atoms with Gasteiger partial charge in [0, 0.05) is 17.2 Å². The number of rotatable bonds is 5. The summed E-state index contributed by atoms with van der Waals surface area (Å²) in [5, 5.41) is 2.01. The molecule has 0 N–H and O–H groups in total. The number of hydrogen-bond donors (Lipinski definition) is 0. The minimum Gasteiger partial charge on any atom is -0.302 e. The van der Waals surface area contributed by atoms with Gasteiger partial charge in [-0.1, -0.05) is 36.4 Å². The fourth-order valence-corrected chi connectivity index (χ4v) is 2.88. The summed E-state index contributed by atoms with van der Waals surface area (Å²) in [6, 6.07) is 17.6. The summed E-state index contributed by atoms with van der Waals surface area (Å²) in [5.74, 6) is -0.0600. The smallest absolute Gasteiger partial charge is 0.251 e. The van der Waals surface area contributed by atoms with Gasteiger partial charge in [0.1, 0.15) is 0 Å². The normalized spacial score (nSPS) is 10.8. The van der Waals surface area contributed by atoms with Gasteiger partial charge in [0.05, 0.1) is 18.4 Å². The van der Waals surface area contributed by atoms with Gasteiger partial charge in [-0.3, -0.25) is 9.78 Å². The Hall–Kier alpha value is -2.72. The van der Waals surface area contributed by atoms with Gasteiger partial charge in [-0.2, -0.15) is 0 Å². The Morgan fingerprint density at radius 2 is 1.96 bits per heavy atom. The number of carbonyl (C=O) groups excluding carboxylic acids is 1. The first kappa shape index (κ1) is 15.2. The quantitative estimate of drug-likeness (QED) is 0.653. The first-order chi connectivity index (χ1) is 11.3. The number of anilines is 1. The number of aromatic nitrogens is 1. The van der Waals surface area contributed by atoms with Crippen LogP contribution in [0, 0.1) is 0 Å². The predicted molar refractivity (Wildman–Crippen MR) is 95.2 cm³/mol. The molecular formula is C19H16N2OS. The predicted octanol–water partition coefficient (Wildman–Crippen LogP) is 4.39. The summed E-state index contributed by atoms with van der Waals surface area (Å²) in [5.41, 5.74) is 1.80. The summed E-state index contributed by atoms with van der Waals surface area (Å²) >= 11 is 1.64. The van der Waals surface area contributed by atoms with Crippen molar-refractivity contribution in [1.82, 2.24) is 4.98 Å². The van der Waals surface area contributed by atoms with E-state index in [9.17, 15) is 4.79 Å². The third kappa shape index (κ3) is 4.14.